The van der Waals surface area contributed by atoms with Gasteiger partial charge in [-0.3, -0.25) is 0 Å². The zero-order valence-corrected chi connectivity index (χ0v) is 31.2. The first-order valence-corrected chi connectivity index (χ1v) is 19.8. The van der Waals surface area contributed by atoms with E-state index in [2.05, 4.69) is 180 Å². The number of benzene rings is 8. The number of nitrogens with zero attached hydrogens (tertiary/aromatic N) is 4. The maximum Gasteiger partial charge on any atom is 0.164 e. The predicted octanol–water partition coefficient (Wildman–Crippen LogP) is 13.9. The van der Waals surface area contributed by atoms with Gasteiger partial charge in [0.2, 0.25) is 0 Å². The van der Waals surface area contributed by atoms with Crippen molar-refractivity contribution in [3.63, 3.8) is 0 Å². The molecule has 0 aliphatic rings. The summed E-state index contributed by atoms with van der Waals surface area (Å²) in [4.78, 5) is 15.4. The molecular formula is C51H30N4OS. The highest BCUT2D eigenvalue weighted by Gasteiger charge is 2.19. The molecular weight excluding hydrogens is 717 g/mol. The molecule has 0 bridgehead atoms. The molecule has 4 aromatic heterocycles. The quantitative estimate of drug-likeness (QED) is 0.176. The van der Waals surface area contributed by atoms with Crippen LogP contribution in [0.2, 0.25) is 0 Å². The Morgan fingerprint density at radius 2 is 0.930 bits per heavy atom. The van der Waals surface area contributed by atoms with Crippen molar-refractivity contribution in [2.24, 2.45) is 0 Å². The van der Waals surface area contributed by atoms with E-state index in [9.17, 15) is 0 Å². The van der Waals surface area contributed by atoms with Gasteiger partial charge in [-0.15, -0.1) is 11.3 Å². The standard InChI is InChI=1S/C51H30N4OS/c1-3-11-31(12-4-1)32-19-21-33(22-20-32)49-52-50(34-24-26-48-42(27-34)39-16-8-10-18-47(39)57-48)54-51(53-49)35-23-25-38-41-29-44-40(30-46(41)56-45(38)28-35)37-15-7-9-17-43(37)55(44)36-13-5-2-6-14-36/h1-30H. The second-order valence-electron chi connectivity index (χ2n) is 14.4. The third kappa shape index (κ3) is 5.19. The largest absolute Gasteiger partial charge is 0.456 e. The number of fused-ring (bicyclic) bond motifs is 9. The molecule has 57 heavy (non-hydrogen) atoms. The topological polar surface area (TPSA) is 56.7 Å². The SMILES string of the molecule is c1ccc(-c2ccc(-c3nc(-c4ccc5c(c4)oc4cc6c7ccccc7n(-c7ccccc7)c6cc45)nc(-c4ccc5sc6ccccc6c5c4)n3)cc2)cc1. The Labute approximate surface area is 330 Å². The summed E-state index contributed by atoms with van der Waals surface area (Å²) in [6, 6.07) is 63.8. The fraction of sp³-hybridized carbons (Fsp3) is 0. The number of furan rings is 1. The molecule has 0 unspecified atom stereocenters. The summed E-state index contributed by atoms with van der Waals surface area (Å²) >= 11 is 1.80. The van der Waals surface area contributed by atoms with E-state index < -0.39 is 0 Å². The average Bonchev–Trinajstić information content (AvgIpc) is 3.94. The molecule has 0 spiro atoms. The van der Waals surface area contributed by atoms with Crippen molar-refractivity contribution in [3.8, 4) is 51.0 Å². The number of hydrogen-bond donors (Lipinski definition) is 0. The van der Waals surface area contributed by atoms with Crippen LogP contribution in [-0.2, 0) is 0 Å². The van der Waals surface area contributed by atoms with Crippen molar-refractivity contribution >= 4 is 75.3 Å². The molecule has 0 amide bonds. The lowest BCUT2D eigenvalue weighted by Crippen LogP contribution is -2.00. The van der Waals surface area contributed by atoms with Gasteiger partial charge in [0.1, 0.15) is 11.2 Å². The summed E-state index contributed by atoms with van der Waals surface area (Å²) < 4.78 is 11.5. The molecule has 266 valence electrons. The van der Waals surface area contributed by atoms with E-state index in [0.717, 1.165) is 60.8 Å². The molecule has 0 fully saturated rings. The minimum Gasteiger partial charge on any atom is -0.456 e. The van der Waals surface area contributed by atoms with Crippen LogP contribution in [0.4, 0.5) is 0 Å². The van der Waals surface area contributed by atoms with Crippen LogP contribution >= 0.6 is 11.3 Å². The second-order valence-corrected chi connectivity index (χ2v) is 15.5. The summed E-state index contributed by atoms with van der Waals surface area (Å²) in [5.74, 6) is 1.83. The molecule has 0 radical (unpaired) electrons. The van der Waals surface area contributed by atoms with Gasteiger partial charge in [0, 0.05) is 64.1 Å². The van der Waals surface area contributed by atoms with Crippen LogP contribution in [0.1, 0.15) is 0 Å². The fourth-order valence-corrected chi connectivity index (χ4v) is 9.39. The summed E-state index contributed by atoms with van der Waals surface area (Å²) in [6.45, 7) is 0. The molecule has 0 saturated carbocycles. The zero-order chi connectivity index (χ0) is 37.5. The molecule has 5 nitrogen and oxygen atoms in total. The highest BCUT2D eigenvalue weighted by Crippen LogP contribution is 2.40. The number of rotatable bonds is 5. The highest BCUT2D eigenvalue weighted by molar-refractivity contribution is 7.25. The lowest BCUT2D eigenvalue weighted by molar-refractivity contribution is 0.669. The van der Waals surface area contributed by atoms with Crippen LogP contribution < -0.4 is 0 Å². The molecule has 0 atom stereocenters. The highest BCUT2D eigenvalue weighted by atomic mass is 32.1. The van der Waals surface area contributed by atoms with Crippen LogP contribution in [0, 0.1) is 0 Å². The van der Waals surface area contributed by atoms with Gasteiger partial charge >= 0.3 is 0 Å². The first-order valence-electron chi connectivity index (χ1n) is 19.0. The van der Waals surface area contributed by atoms with Gasteiger partial charge in [-0.05, 0) is 77.9 Å². The average molecular weight is 747 g/mol. The number of hydrogen-bond acceptors (Lipinski definition) is 5. The van der Waals surface area contributed by atoms with E-state index in [1.54, 1.807) is 11.3 Å². The van der Waals surface area contributed by atoms with E-state index in [1.165, 1.54) is 36.6 Å². The van der Waals surface area contributed by atoms with Crippen molar-refractivity contribution in [1.82, 2.24) is 19.5 Å². The Hall–Kier alpha value is -7.41. The predicted molar refractivity (Wildman–Crippen MR) is 236 cm³/mol. The normalized spacial score (nSPS) is 11.9. The minimum atomic E-state index is 0.589. The summed E-state index contributed by atoms with van der Waals surface area (Å²) in [5.41, 5.74) is 10.1. The van der Waals surface area contributed by atoms with E-state index >= 15 is 0 Å². The molecule has 8 aromatic carbocycles. The van der Waals surface area contributed by atoms with Crippen LogP contribution in [0.15, 0.2) is 186 Å². The van der Waals surface area contributed by atoms with E-state index in [1.807, 2.05) is 6.07 Å². The smallest absolute Gasteiger partial charge is 0.164 e. The molecule has 0 saturated heterocycles. The van der Waals surface area contributed by atoms with Crippen molar-refractivity contribution in [2.75, 3.05) is 0 Å². The van der Waals surface area contributed by atoms with Crippen molar-refractivity contribution in [3.05, 3.63) is 182 Å². The molecule has 0 aliphatic heterocycles. The lowest BCUT2D eigenvalue weighted by Gasteiger charge is -2.09. The molecule has 6 heteroatoms. The second kappa shape index (κ2) is 12.6. The van der Waals surface area contributed by atoms with Gasteiger partial charge in [0.25, 0.3) is 0 Å². The Morgan fingerprint density at radius 3 is 1.74 bits per heavy atom. The van der Waals surface area contributed by atoms with Crippen LogP contribution in [0.5, 0.6) is 0 Å². The summed E-state index contributed by atoms with van der Waals surface area (Å²) in [7, 11) is 0. The number of para-hydroxylation sites is 2. The molecule has 12 rings (SSSR count). The summed E-state index contributed by atoms with van der Waals surface area (Å²) in [6.07, 6.45) is 0. The van der Waals surface area contributed by atoms with Crippen molar-refractivity contribution in [2.45, 2.75) is 0 Å². The Bertz CT molecular complexity index is 3510. The van der Waals surface area contributed by atoms with Crippen molar-refractivity contribution < 1.29 is 4.42 Å². The number of aromatic nitrogens is 4. The van der Waals surface area contributed by atoms with E-state index in [0.29, 0.717) is 17.5 Å². The number of thiophene rings is 1. The van der Waals surface area contributed by atoms with E-state index in [-0.39, 0.29) is 0 Å². The first kappa shape index (κ1) is 31.9. The van der Waals surface area contributed by atoms with Gasteiger partial charge < -0.3 is 8.98 Å². The Kier molecular flexibility index (Phi) is 7.03. The minimum absolute atomic E-state index is 0.589. The maximum absolute atomic E-state index is 6.67. The zero-order valence-electron chi connectivity index (χ0n) is 30.4. The third-order valence-electron chi connectivity index (χ3n) is 11.1. The molecule has 0 N–H and O–H groups in total. The van der Waals surface area contributed by atoms with E-state index in [4.69, 9.17) is 19.4 Å². The van der Waals surface area contributed by atoms with Gasteiger partial charge in [-0.25, -0.2) is 15.0 Å². The Morgan fingerprint density at radius 1 is 0.351 bits per heavy atom. The van der Waals surface area contributed by atoms with Gasteiger partial charge in [-0.2, -0.15) is 0 Å². The van der Waals surface area contributed by atoms with Crippen molar-refractivity contribution in [1.29, 1.82) is 0 Å². The van der Waals surface area contributed by atoms with Crippen LogP contribution in [-0.4, -0.2) is 19.5 Å². The molecule has 12 aromatic rings. The summed E-state index contributed by atoms with van der Waals surface area (Å²) in [5, 5.41) is 6.89. The van der Waals surface area contributed by atoms with Gasteiger partial charge in [0.15, 0.2) is 17.5 Å². The van der Waals surface area contributed by atoms with Crippen LogP contribution in [0.25, 0.3) is 115 Å². The maximum atomic E-state index is 6.67. The monoisotopic (exact) mass is 746 g/mol. The first-order chi connectivity index (χ1) is 28.2. The fourth-order valence-electron chi connectivity index (χ4n) is 8.30. The van der Waals surface area contributed by atoms with Gasteiger partial charge in [0.05, 0.1) is 11.0 Å². The van der Waals surface area contributed by atoms with Gasteiger partial charge in [-0.1, -0.05) is 115 Å². The molecule has 0 aliphatic carbocycles. The Balaban J connectivity index is 1.02. The lowest BCUT2D eigenvalue weighted by atomic mass is 10.0. The van der Waals surface area contributed by atoms with Crippen LogP contribution in [0.3, 0.4) is 0 Å². The third-order valence-corrected chi connectivity index (χ3v) is 12.2. The molecule has 4 heterocycles.